The number of amides is 2. The molecule has 0 spiro atoms. The first-order valence-electron chi connectivity index (χ1n) is 13.1. The Bertz CT molecular complexity index is 1530. The Kier molecular flexibility index (Phi) is 9.24. The van der Waals surface area contributed by atoms with Gasteiger partial charge in [0, 0.05) is 0 Å². The zero-order valence-electron chi connectivity index (χ0n) is 22.8. The van der Waals surface area contributed by atoms with E-state index in [1.54, 1.807) is 0 Å². The lowest BCUT2D eigenvalue weighted by Crippen LogP contribution is -2.43. The highest BCUT2D eigenvalue weighted by molar-refractivity contribution is 7.88. The van der Waals surface area contributed by atoms with Crippen molar-refractivity contribution in [2.75, 3.05) is 6.61 Å². The van der Waals surface area contributed by atoms with Crippen molar-refractivity contribution >= 4 is 22.1 Å². The second-order valence-corrected chi connectivity index (χ2v) is 12.0. The molecular weight excluding hydrogens is 578 g/mol. The molecule has 2 amide bonds. The number of carbonyl (C=O) groups is 2. The van der Waals surface area contributed by atoms with Crippen LogP contribution in [0.5, 0.6) is 5.75 Å². The SMILES string of the molecule is CC(C)C[C@H](C(=O)N1C(=O)OC[C@@H]1Cc1ccccc1)c1cc(OS(=O)(=O)C(F)(F)F)cc(-c2ccc(CF)cc2)c1. The van der Waals surface area contributed by atoms with Crippen LogP contribution in [-0.4, -0.2) is 43.5 Å². The minimum absolute atomic E-state index is 0.0347. The van der Waals surface area contributed by atoms with Gasteiger partial charge < -0.3 is 8.92 Å². The van der Waals surface area contributed by atoms with Crippen LogP contribution in [0.2, 0.25) is 0 Å². The van der Waals surface area contributed by atoms with Gasteiger partial charge in [0.05, 0.1) is 12.0 Å². The molecule has 7 nitrogen and oxygen atoms in total. The van der Waals surface area contributed by atoms with Crippen LogP contribution in [0.1, 0.15) is 42.9 Å². The topological polar surface area (TPSA) is 90.0 Å². The number of imide groups is 1. The Labute approximate surface area is 241 Å². The highest BCUT2D eigenvalue weighted by Gasteiger charge is 2.49. The van der Waals surface area contributed by atoms with Crippen LogP contribution in [0.15, 0.2) is 72.8 Å². The normalized spacial score (nSPS) is 16.4. The van der Waals surface area contributed by atoms with E-state index < -0.39 is 52.0 Å². The molecule has 0 N–H and O–H groups in total. The van der Waals surface area contributed by atoms with Gasteiger partial charge in [0.25, 0.3) is 0 Å². The molecule has 0 bridgehead atoms. The molecule has 224 valence electrons. The van der Waals surface area contributed by atoms with Gasteiger partial charge in [-0.05, 0) is 58.7 Å². The van der Waals surface area contributed by atoms with E-state index in [0.717, 1.165) is 22.6 Å². The molecule has 12 heteroatoms. The van der Waals surface area contributed by atoms with Crippen LogP contribution >= 0.6 is 0 Å². The Morgan fingerprint density at radius 1 is 1.00 bits per heavy atom. The molecule has 1 aliphatic heterocycles. The number of alkyl halides is 4. The fourth-order valence-corrected chi connectivity index (χ4v) is 5.23. The summed E-state index contributed by atoms with van der Waals surface area (Å²) in [6.07, 6.45) is -0.342. The van der Waals surface area contributed by atoms with Gasteiger partial charge in [-0.2, -0.15) is 21.6 Å². The number of hydrogen-bond donors (Lipinski definition) is 0. The molecule has 1 fully saturated rings. The predicted molar refractivity (Wildman–Crippen MR) is 147 cm³/mol. The molecule has 0 saturated carbocycles. The summed E-state index contributed by atoms with van der Waals surface area (Å²) in [7, 11) is -6.03. The van der Waals surface area contributed by atoms with Gasteiger partial charge >= 0.3 is 21.7 Å². The van der Waals surface area contributed by atoms with Crippen LogP contribution in [-0.2, 0) is 32.7 Å². The molecule has 0 aliphatic carbocycles. The molecule has 42 heavy (non-hydrogen) atoms. The maximum atomic E-state index is 14.0. The van der Waals surface area contributed by atoms with Crippen molar-refractivity contribution in [3.05, 3.63) is 89.5 Å². The van der Waals surface area contributed by atoms with Crippen LogP contribution in [0.4, 0.5) is 22.4 Å². The Balaban J connectivity index is 1.79. The number of carbonyl (C=O) groups excluding carboxylic acids is 2. The fourth-order valence-electron chi connectivity index (χ4n) is 4.78. The zero-order valence-corrected chi connectivity index (χ0v) is 23.6. The highest BCUT2D eigenvalue weighted by Crippen LogP contribution is 2.37. The first-order chi connectivity index (χ1) is 19.8. The molecule has 1 saturated heterocycles. The largest absolute Gasteiger partial charge is 0.534 e. The molecule has 4 rings (SSSR count). The number of cyclic esters (lactones) is 1. The first-order valence-corrected chi connectivity index (χ1v) is 14.5. The van der Waals surface area contributed by atoms with Gasteiger partial charge in [0.1, 0.15) is 19.0 Å². The van der Waals surface area contributed by atoms with E-state index in [0.29, 0.717) is 17.5 Å². The predicted octanol–water partition coefficient (Wildman–Crippen LogP) is 6.77. The van der Waals surface area contributed by atoms with Crippen LogP contribution < -0.4 is 4.18 Å². The van der Waals surface area contributed by atoms with E-state index >= 15 is 0 Å². The van der Waals surface area contributed by atoms with Crippen molar-refractivity contribution in [2.24, 2.45) is 5.92 Å². The van der Waals surface area contributed by atoms with Gasteiger partial charge in [-0.3, -0.25) is 4.79 Å². The fraction of sp³-hybridized carbons (Fsp3) is 0.333. The monoisotopic (exact) mass is 607 g/mol. The molecular formula is C30H29F4NO6S. The van der Waals surface area contributed by atoms with Gasteiger partial charge in [0.15, 0.2) is 0 Å². The van der Waals surface area contributed by atoms with Crippen molar-refractivity contribution in [3.63, 3.8) is 0 Å². The third-order valence-electron chi connectivity index (χ3n) is 6.78. The molecule has 0 radical (unpaired) electrons. The quantitative estimate of drug-likeness (QED) is 0.144. The van der Waals surface area contributed by atoms with E-state index in [2.05, 4.69) is 4.18 Å². The van der Waals surface area contributed by atoms with Crippen LogP contribution in [0.3, 0.4) is 0 Å². The summed E-state index contributed by atoms with van der Waals surface area (Å²) < 4.78 is 86.1. The number of hydrogen-bond acceptors (Lipinski definition) is 6. The molecule has 1 heterocycles. The van der Waals surface area contributed by atoms with Gasteiger partial charge in [0.2, 0.25) is 5.91 Å². The summed E-state index contributed by atoms with van der Waals surface area (Å²) in [6.45, 7) is 2.89. The average molecular weight is 608 g/mol. The summed E-state index contributed by atoms with van der Waals surface area (Å²) in [5.74, 6) is -2.47. The summed E-state index contributed by atoms with van der Waals surface area (Å²) in [4.78, 5) is 27.8. The third kappa shape index (κ3) is 7.10. The second kappa shape index (κ2) is 12.5. The Morgan fingerprint density at radius 3 is 2.26 bits per heavy atom. The summed E-state index contributed by atoms with van der Waals surface area (Å²) in [5, 5.41) is 0. The Morgan fingerprint density at radius 2 is 1.67 bits per heavy atom. The van der Waals surface area contributed by atoms with E-state index in [-0.39, 0.29) is 30.1 Å². The van der Waals surface area contributed by atoms with Crippen molar-refractivity contribution < 1.29 is 44.5 Å². The maximum Gasteiger partial charge on any atom is 0.534 e. The molecule has 0 aromatic heterocycles. The number of ether oxygens (including phenoxy) is 1. The van der Waals surface area contributed by atoms with Gasteiger partial charge in [-0.1, -0.05) is 74.5 Å². The van der Waals surface area contributed by atoms with Crippen molar-refractivity contribution in [2.45, 2.75) is 50.8 Å². The zero-order chi connectivity index (χ0) is 30.7. The van der Waals surface area contributed by atoms with E-state index in [1.165, 1.54) is 30.3 Å². The van der Waals surface area contributed by atoms with Gasteiger partial charge in [-0.15, -0.1) is 0 Å². The molecule has 1 aliphatic rings. The second-order valence-electron chi connectivity index (χ2n) is 10.4. The van der Waals surface area contributed by atoms with Gasteiger partial charge in [-0.25, -0.2) is 14.1 Å². The summed E-state index contributed by atoms with van der Waals surface area (Å²) in [5.41, 5.74) is -3.67. The minimum Gasteiger partial charge on any atom is -0.447 e. The lowest BCUT2D eigenvalue weighted by atomic mass is 9.86. The van der Waals surface area contributed by atoms with Crippen molar-refractivity contribution in [3.8, 4) is 16.9 Å². The average Bonchev–Trinajstić information content (AvgIpc) is 3.30. The standard InChI is InChI=1S/C30H29F4NO6S/c1-19(2)12-27(28(36)35-25(18-40-29(35)37)13-20-6-4-3-5-7-20)24-14-23(22-10-8-21(17-31)9-11-22)15-26(16-24)41-42(38,39)30(32,33)34/h3-11,14-16,19,25,27H,12-13,17-18H2,1-2H3/t25-,27-/m0/s1. The van der Waals surface area contributed by atoms with Crippen LogP contribution in [0.25, 0.3) is 11.1 Å². The highest BCUT2D eigenvalue weighted by atomic mass is 32.2. The number of halogens is 4. The van der Waals surface area contributed by atoms with Crippen molar-refractivity contribution in [1.29, 1.82) is 0 Å². The molecule has 0 unspecified atom stereocenters. The number of nitrogens with zero attached hydrogens (tertiary/aromatic N) is 1. The van der Waals surface area contributed by atoms with Crippen LogP contribution in [0, 0.1) is 5.92 Å². The molecule has 2 atom stereocenters. The summed E-state index contributed by atoms with van der Waals surface area (Å²) in [6, 6.07) is 18.2. The first kappa shape index (κ1) is 31.0. The van der Waals surface area contributed by atoms with E-state index in [1.807, 2.05) is 44.2 Å². The van der Waals surface area contributed by atoms with E-state index in [4.69, 9.17) is 4.74 Å². The maximum absolute atomic E-state index is 14.0. The lowest BCUT2D eigenvalue weighted by Gasteiger charge is -2.27. The summed E-state index contributed by atoms with van der Waals surface area (Å²) >= 11 is 0. The molecule has 3 aromatic carbocycles. The third-order valence-corrected chi connectivity index (χ3v) is 7.76. The minimum atomic E-state index is -6.03. The van der Waals surface area contributed by atoms with Crippen molar-refractivity contribution in [1.82, 2.24) is 4.90 Å². The molecule has 3 aromatic rings. The number of rotatable bonds is 10. The van der Waals surface area contributed by atoms with E-state index in [9.17, 15) is 35.6 Å². The Hall–Kier alpha value is -3.93. The number of benzene rings is 3. The lowest BCUT2D eigenvalue weighted by molar-refractivity contribution is -0.131. The smallest absolute Gasteiger partial charge is 0.447 e.